The molecule has 0 spiro atoms. The highest BCUT2D eigenvalue weighted by Crippen LogP contribution is 2.40. The van der Waals surface area contributed by atoms with Crippen LogP contribution < -0.4 is 0 Å². The molecule has 1 aliphatic rings. The fourth-order valence-corrected chi connectivity index (χ4v) is 8.13. The van der Waals surface area contributed by atoms with E-state index in [1.54, 1.807) is 0 Å². The van der Waals surface area contributed by atoms with Gasteiger partial charge in [-0.25, -0.2) is 0 Å². The van der Waals surface area contributed by atoms with E-state index in [4.69, 9.17) is 4.99 Å². The highest BCUT2D eigenvalue weighted by molar-refractivity contribution is 6.09. The van der Waals surface area contributed by atoms with E-state index >= 15 is 0 Å². The summed E-state index contributed by atoms with van der Waals surface area (Å²) in [5, 5.41) is 7.28. The number of aliphatic imine (C=N–C) groups is 1. The Morgan fingerprint density at radius 3 is 1.81 bits per heavy atom. The van der Waals surface area contributed by atoms with Gasteiger partial charge in [0.1, 0.15) is 0 Å². The quantitative estimate of drug-likeness (QED) is 0.171. The van der Waals surface area contributed by atoms with Crippen LogP contribution in [-0.2, 0) is 0 Å². The summed E-state index contributed by atoms with van der Waals surface area (Å²) in [4.78, 5) is 10.0. The van der Waals surface area contributed by atoms with Crippen molar-refractivity contribution in [2.24, 2.45) is 4.99 Å². The molecule has 1 aliphatic heterocycles. The molecule has 0 bridgehead atoms. The van der Waals surface area contributed by atoms with Crippen molar-refractivity contribution in [1.82, 2.24) is 4.98 Å². The van der Waals surface area contributed by atoms with Gasteiger partial charge in [0.05, 0.1) is 5.70 Å². The molecule has 0 N–H and O–H groups in total. The van der Waals surface area contributed by atoms with Crippen molar-refractivity contribution in [3.05, 3.63) is 217 Å². The minimum absolute atomic E-state index is 0.201. The van der Waals surface area contributed by atoms with Gasteiger partial charge in [0.15, 0.2) is 0 Å². The zero-order valence-electron chi connectivity index (χ0n) is 29.7. The van der Waals surface area contributed by atoms with Gasteiger partial charge in [0.2, 0.25) is 0 Å². The first-order chi connectivity index (χ1) is 26.7. The maximum absolute atomic E-state index is 5.48. The standard InChI is InChI=1S/C52H36N2/c1-2-11-35(12-3-1)44-31-51(42-17-10-16-40(30-42)41-26-21-36-13-4-5-14-39(36)29-41)54-52(32-44)49-28-27-46(47-19-8-9-20-48(47)49)37-22-24-38(25-23-37)50-34-53-33-43-15-6-7-18-45(43)50/h1-30,32-34,44H,31H2/t44-/m0/s1. The van der Waals surface area contributed by atoms with Gasteiger partial charge in [-0.2, -0.15) is 0 Å². The Hall–Kier alpha value is -6.90. The third kappa shape index (κ3) is 5.88. The van der Waals surface area contributed by atoms with Crippen LogP contribution in [0.15, 0.2) is 205 Å². The molecule has 0 fully saturated rings. The van der Waals surface area contributed by atoms with Gasteiger partial charge in [0, 0.05) is 47.0 Å². The summed E-state index contributed by atoms with van der Waals surface area (Å²) < 4.78 is 0. The van der Waals surface area contributed by atoms with Crippen LogP contribution in [0.2, 0.25) is 0 Å². The Bertz CT molecular complexity index is 2890. The van der Waals surface area contributed by atoms with Gasteiger partial charge < -0.3 is 0 Å². The topological polar surface area (TPSA) is 25.2 Å². The highest BCUT2D eigenvalue weighted by atomic mass is 14.8. The SMILES string of the molecule is C1=C(c2ccc(-c3ccc(-c4cncc5ccccc45)cc3)c3ccccc23)N=C(c2cccc(-c3ccc4ccccc4c3)c2)C[C@@H]1c1ccccc1. The zero-order chi connectivity index (χ0) is 35.8. The summed E-state index contributed by atoms with van der Waals surface area (Å²) in [6.07, 6.45) is 7.11. The maximum atomic E-state index is 5.48. The largest absolute Gasteiger partial charge is 0.263 e. The van der Waals surface area contributed by atoms with E-state index in [0.717, 1.165) is 45.5 Å². The number of hydrogen-bond donors (Lipinski definition) is 0. The predicted octanol–water partition coefficient (Wildman–Crippen LogP) is 13.6. The minimum atomic E-state index is 0.201. The first-order valence-corrected chi connectivity index (χ1v) is 18.6. The van der Waals surface area contributed by atoms with Crippen molar-refractivity contribution in [3.8, 4) is 33.4 Å². The van der Waals surface area contributed by atoms with Gasteiger partial charge in [-0.05, 0) is 78.0 Å². The van der Waals surface area contributed by atoms with E-state index < -0.39 is 0 Å². The molecular weight excluding hydrogens is 653 g/mol. The Kier molecular flexibility index (Phi) is 8.00. The van der Waals surface area contributed by atoms with Crippen LogP contribution in [0, 0.1) is 0 Å². The average molecular weight is 689 g/mol. The summed E-state index contributed by atoms with van der Waals surface area (Å²) in [6.45, 7) is 0. The molecular formula is C52H36N2. The summed E-state index contributed by atoms with van der Waals surface area (Å²) >= 11 is 0. The smallest absolute Gasteiger partial charge is 0.0678 e. The van der Waals surface area contributed by atoms with Crippen LogP contribution in [0.3, 0.4) is 0 Å². The molecule has 2 heterocycles. The monoisotopic (exact) mass is 688 g/mol. The Balaban J connectivity index is 1.05. The van der Waals surface area contributed by atoms with Crippen molar-refractivity contribution < 1.29 is 0 Å². The molecule has 0 saturated heterocycles. The lowest BCUT2D eigenvalue weighted by Crippen LogP contribution is -2.12. The lowest BCUT2D eigenvalue weighted by molar-refractivity contribution is 0.880. The fourth-order valence-electron chi connectivity index (χ4n) is 8.13. The normalized spacial score (nSPS) is 14.3. The first kappa shape index (κ1) is 31.8. The molecule has 0 aliphatic carbocycles. The highest BCUT2D eigenvalue weighted by Gasteiger charge is 2.22. The number of fused-ring (bicyclic) bond motifs is 3. The van der Waals surface area contributed by atoms with Gasteiger partial charge in [-0.15, -0.1) is 0 Å². The van der Waals surface area contributed by atoms with Crippen molar-refractivity contribution in [3.63, 3.8) is 0 Å². The molecule has 2 heteroatoms. The van der Waals surface area contributed by atoms with E-state index in [9.17, 15) is 0 Å². The van der Waals surface area contributed by atoms with Crippen LogP contribution in [0.5, 0.6) is 0 Å². The van der Waals surface area contributed by atoms with E-state index in [-0.39, 0.29) is 5.92 Å². The summed E-state index contributed by atoms with van der Waals surface area (Å²) in [7, 11) is 0. The van der Waals surface area contributed by atoms with Crippen molar-refractivity contribution >= 4 is 43.7 Å². The average Bonchev–Trinajstić information content (AvgIpc) is 3.26. The van der Waals surface area contributed by atoms with Gasteiger partial charge in [0.25, 0.3) is 0 Å². The van der Waals surface area contributed by atoms with Crippen LogP contribution in [-0.4, -0.2) is 10.7 Å². The molecule has 0 amide bonds. The van der Waals surface area contributed by atoms with Crippen molar-refractivity contribution in [2.45, 2.75) is 12.3 Å². The van der Waals surface area contributed by atoms with Crippen LogP contribution in [0.4, 0.5) is 0 Å². The molecule has 9 aromatic rings. The molecule has 0 saturated carbocycles. The van der Waals surface area contributed by atoms with Crippen LogP contribution in [0.25, 0.3) is 71.4 Å². The number of allylic oxidation sites excluding steroid dienone is 1. The second-order valence-corrected chi connectivity index (χ2v) is 14.2. The van der Waals surface area contributed by atoms with E-state index in [2.05, 4.69) is 193 Å². The lowest BCUT2D eigenvalue weighted by Gasteiger charge is -2.23. The Morgan fingerprint density at radius 2 is 1.00 bits per heavy atom. The second kappa shape index (κ2) is 13.6. The van der Waals surface area contributed by atoms with Crippen molar-refractivity contribution in [2.75, 3.05) is 0 Å². The molecule has 0 radical (unpaired) electrons. The molecule has 54 heavy (non-hydrogen) atoms. The molecule has 2 nitrogen and oxygen atoms in total. The van der Waals surface area contributed by atoms with E-state index in [0.29, 0.717) is 0 Å². The lowest BCUT2D eigenvalue weighted by atomic mass is 9.85. The number of nitrogens with zero attached hydrogens (tertiary/aromatic N) is 2. The zero-order valence-corrected chi connectivity index (χ0v) is 29.7. The molecule has 0 unspecified atom stereocenters. The van der Waals surface area contributed by atoms with Crippen LogP contribution in [0.1, 0.15) is 29.0 Å². The number of pyridine rings is 1. The number of hydrogen-bond acceptors (Lipinski definition) is 2. The van der Waals surface area contributed by atoms with Crippen LogP contribution >= 0.6 is 0 Å². The van der Waals surface area contributed by atoms with Gasteiger partial charge in [-0.1, -0.05) is 176 Å². The molecule has 8 aromatic carbocycles. The predicted molar refractivity (Wildman–Crippen MR) is 228 cm³/mol. The summed E-state index contributed by atoms with van der Waals surface area (Å²) in [6, 6.07) is 65.7. The summed E-state index contributed by atoms with van der Waals surface area (Å²) in [5.41, 5.74) is 12.9. The fraction of sp³-hybridized carbons (Fsp3) is 0.0385. The number of rotatable bonds is 6. The van der Waals surface area contributed by atoms with Gasteiger partial charge in [-0.3, -0.25) is 9.98 Å². The van der Waals surface area contributed by atoms with Crippen molar-refractivity contribution in [1.29, 1.82) is 0 Å². The van der Waals surface area contributed by atoms with E-state index in [1.807, 2.05) is 12.4 Å². The minimum Gasteiger partial charge on any atom is -0.263 e. The molecule has 254 valence electrons. The first-order valence-electron chi connectivity index (χ1n) is 18.6. The summed E-state index contributed by atoms with van der Waals surface area (Å²) in [5.74, 6) is 0.201. The second-order valence-electron chi connectivity index (χ2n) is 14.2. The third-order valence-corrected chi connectivity index (χ3v) is 10.9. The van der Waals surface area contributed by atoms with E-state index in [1.165, 1.54) is 54.7 Å². The number of aromatic nitrogens is 1. The molecule has 1 aromatic heterocycles. The molecule has 10 rings (SSSR count). The Morgan fingerprint density at radius 1 is 0.389 bits per heavy atom. The number of benzene rings is 8. The maximum Gasteiger partial charge on any atom is 0.0678 e. The van der Waals surface area contributed by atoms with Gasteiger partial charge >= 0.3 is 0 Å². The Labute approximate surface area is 315 Å². The third-order valence-electron chi connectivity index (χ3n) is 10.9. The molecule has 1 atom stereocenters.